The highest BCUT2D eigenvalue weighted by molar-refractivity contribution is 5.89. The summed E-state index contributed by atoms with van der Waals surface area (Å²) in [6, 6.07) is 8.18. The third-order valence-corrected chi connectivity index (χ3v) is 4.65. The lowest BCUT2D eigenvalue weighted by molar-refractivity contribution is 0.268. The monoisotopic (exact) mass is 284 g/mol. The molecule has 1 aliphatic rings. The van der Waals surface area contributed by atoms with Gasteiger partial charge in [0.2, 0.25) is 5.95 Å². The Kier molecular flexibility index (Phi) is 4.23. The van der Waals surface area contributed by atoms with Crippen molar-refractivity contribution in [2.24, 2.45) is 11.8 Å². The summed E-state index contributed by atoms with van der Waals surface area (Å²) in [6.45, 7) is 3.38. The van der Waals surface area contributed by atoms with Gasteiger partial charge in [0.1, 0.15) is 5.82 Å². The van der Waals surface area contributed by atoms with E-state index in [0.717, 1.165) is 35.1 Å². The molecule has 4 nitrogen and oxygen atoms in total. The Morgan fingerprint density at radius 2 is 1.95 bits per heavy atom. The maximum Gasteiger partial charge on any atom is 0.224 e. The van der Waals surface area contributed by atoms with Crippen LogP contribution in [0, 0.1) is 11.8 Å². The average Bonchev–Trinajstić information content (AvgIpc) is 2.53. The third kappa shape index (κ3) is 3.09. The molecule has 0 spiro atoms. The van der Waals surface area contributed by atoms with E-state index in [1.54, 1.807) is 0 Å². The van der Waals surface area contributed by atoms with Crippen LogP contribution >= 0.6 is 0 Å². The zero-order valence-electron chi connectivity index (χ0n) is 12.9. The summed E-state index contributed by atoms with van der Waals surface area (Å²) in [5.41, 5.74) is 0.982. The Morgan fingerprint density at radius 3 is 2.76 bits per heavy atom. The normalized spacial score (nSPS) is 22.2. The average molecular weight is 284 g/mol. The first-order chi connectivity index (χ1) is 10.3. The van der Waals surface area contributed by atoms with Crippen LogP contribution in [0.4, 0.5) is 11.8 Å². The second kappa shape index (κ2) is 6.29. The molecule has 0 amide bonds. The van der Waals surface area contributed by atoms with E-state index >= 15 is 0 Å². The number of nitrogens with one attached hydrogen (secondary N) is 2. The van der Waals surface area contributed by atoms with Crippen LogP contribution in [-0.4, -0.2) is 23.6 Å². The van der Waals surface area contributed by atoms with Crippen molar-refractivity contribution >= 4 is 22.7 Å². The third-order valence-electron chi connectivity index (χ3n) is 4.65. The highest BCUT2D eigenvalue weighted by Gasteiger charge is 2.21. The zero-order chi connectivity index (χ0) is 14.7. The molecule has 21 heavy (non-hydrogen) atoms. The van der Waals surface area contributed by atoms with Crippen molar-refractivity contribution in [3.63, 3.8) is 0 Å². The van der Waals surface area contributed by atoms with Gasteiger partial charge in [-0.2, -0.15) is 4.98 Å². The van der Waals surface area contributed by atoms with Crippen LogP contribution in [0.3, 0.4) is 0 Å². The molecule has 3 rings (SSSR count). The number of para-hydroxylation sites is 1. The number of hydrogen-bond donors (Lipinski definition) is 2. The number of aromatic nitrogens is 2. The second-order valence-electron chi connectivity index (χ2n) is 6.07. The first-order valence-electron chi connectivity index (χ1n) is 7.96. The number of rotatable bonds is 4. The minimum atomic E-state index is 0.674. The Bertz CT molecular complexity index is 611. The molecule has 1 saturated carbocycles. The lowest BCUT2D eigenvalue weighted by Gasteiger charge is -2.29. The fourth-order valence-corrected chi connectivity index (χ4v) is 3.25. The second-order valence-corrected chi connectivity index (χ2v) is 6.07. The van der Waals surface area contributed by atoms with Crippen molar-refractivity contribution in [1.29, 1.82) is 0 Å². The van der Waals surface area contributed by atoms with Crippen LogP contribution in [0.15, 0.2) is 24.3 Å². The van der Waals surface area contributed by atoms with Gasteiger partial charge in [-0.1, -0.05) is 38.3 Å². The van der Waals surface area contributed by atoms with Gasteiger partial charge < -0.3 is 10.6 Å². The lowest BCUT2D eigenvalue weighted by atomic mass is 9.80. The van der Waals surface area contributed by atoms with Gasteiger partial charge in [-0.05, 0) is 30.4 Å². The van der Waals surface area contributed by atoms with Gasteiger partial charge in [-0.15, -0.1) is 0 Å². The van der Waals surface area contributed by atoms with Crippen molar-refractivity contribution < 1.29 is 0 Å². The lowest BCUT2D eigenvalue weighted by Crippen LogP contribution is -2.24. The predicted octanol–water partition coefficient (Wildman–Crippen LogP) is 3.91. The number of anilines is 2. The molecule has 1 aliphatic carbocycles. The van der Waals surface area contributed by atoms with Crippen LogP contribution < -0.4 is 10.6 Å². The summed E-state index contributed by atoms with van der Waals surface area (Å²) in [7, 11) is 1.86. The Labute approximate surface area is 126 Å². The van der Waals surface area contributed by atoms with Crippen LogP contribution in [0.1, 0.15) is 32.6 Å². The van der Waals surface area contributed by atoms with Gasteiger partial charge in [0.05, 0.1) is 5.52 Å². The minimum absolute atomic E-state index is 0.674. The molecule has 2 N–H and O–H groups in total. The van der Waals surface area contributed by atoms with E-state index < -0.39 is 0 Å². The number of fused-ring (bicyclic) bond motifs is 1. The van der Waals surface area contributed by atoms with E-state index in [4.69, 9.17) is 0 Å². The van der Waals surface area contributed by atoms with Crippen molar-refractivity contribution in [2.45, 2.75) is 32.6 Å². The number of nitrogens with zero attached hydrogens (tertiary/aromatic N) is 2. The molecule has 2 aromatic rings. The first-order valence-corrected chi connectivity index (χ1v) is 7.96. The van der Waals surface area contributed by atoms with E-state index in [2.05, 4.69) is 33.6 Å². The largest absolute Gasteiger partial charge is 0.369 e. The number of hydrogen-bond acceptors (Lipinski definition) is 4. The summed E-state index contributed by atoms with van der Waals surface area (Å²) in [5.74, 6) is 3.18. The Balaban J connectivity index is 1.82. The zero-order valence-corrected chi connectivity index (χ0v) is 12.9. The minimum Gasteiger partial charge on any atom is -0.369 e. The fourth-order valence-electron chi connectivity index (χ4n) is 3.25. The van der Waals surface area contributed by atoms with Crippen molar-refractivity contribution in [1.82, 2.24) is 9.97 Å². The fraction of sp³-hybridized carbons (Fsp3) is 0.529. The smallest absolute Gasteiger partial charge is 0.224 e. The van der Waals surface area contributed by atoms with Gasteiger partial charge in [0.25, 0.3) is 0 Å². The summed E-state index contributed by atoms with van der Waals surface area (Å²) in [6.07, 6.45) is 5.44. The number of benzene rings is 1. The topological polar surface area (TPSA) is 49.8 Å². The summed E-state index contributed by atoms with van der Waals surface area (Å²) in [5, 5.41) is 7.71. The van der Waals surface area contributed by atoms with Crippen molar-refractivity contribution in [3.8, 4) is 0 Å². The van der Waals surface area contributed by atoms with E-state index in [-0.39, 0.29) is 0 Å². The quantitative estimate of drug-likeness (QED) is 0.893. The molecular formula is C17H24N4. The Hall–Kier alpha value is -1.84. The molecule has 0 radical (unpaired) electrons. The summed E-state index contributed by atoms with van der Waals surface area (Å²) < 4.78 is 0. The molecule has 0 bridgehead atoms. The molecule has 2 unspecified atom stereocenters. The molecule has 0 saturated heterocycles. The van der Waals surface area contributed by atoms with Crippen molar-refractivity contribution in [2.75, 3.05) is 24.2 Å². The summed E-state index contributed by atoms with van der Waals surface area (Å²) in [4.78, 5) is 9.10. The van der Waals surface area contributed by atoms with Crippen LogP contribution in [0.5, 0.6) is 0 Å². The van der Waals surface area contributed by atoms with Gasteiger partial charge >= 0.3 is 0 Å². The molecule has 1 aromatic carbocycles. The van der Waals surface area contributed by atoms with Crippen molar-refractivity contribution in [3.05, 3.63) is 24.3 Å². The molecule has 1 heterocycles. The SMILES string of the molecule is CNc1nc(NCC2CCCCC2C)c2ccccc2n1. The molecule has 112 valence electrons. The Morgan fingerprint density at radius 1 is 1.14 bits per heavy atom. The van der Waals surface area contributed by atoms with Gasteiger partial charge in [0.15, 0.2) is 0 Å². The molecular weight excluding hydrogens is 260 g/mol. The van der Waals surface area contributed by atoms with E-state index in [9.17, 15) is 0 Å². The molecule has 1 aromatic heterocycles. The van der Waals surface area contributed by atoms with Gasteiger partial charge in [-0.3, -0.25) is 0 Å². The predicted molar refractivity (Wildman–Crippen MR) is 88.7 cm³/mol. The highest BCUT2D eigenvalue weighted by Crippen LogP contribution is 2.30. The molecule has 1 fully saturated rings. The van der Waals surface area contributed by atoms with E-state index in [0.29, 0.717) is 5.95 Å². The standard InChI is InChI=1S/C17H24N4/c1-12-7-3-4-8-13(12)11-19-16-14-9-5-6-10-15(14)20-17(18-2)21-16/h5-6,9-10,12-13H,3-4,7-8,11H2,1-2H3,(H2,18,19,20,21). The molecule has 4 heteroatoms. The van der Waals surface area contributed by atoms with Crippen LogP contribution in [0.2, 0.25) is 0 Å². The molecule has 0 aliphatic heterocycles. The van der Waals surface area contributed by atoms with E-state index in [1.165, 1.54) is 25.7 Å². The molecule has 2 atom stereocenters. The maximum absolute atomic E-state index is 4.60. The summed E-state index contributed by atoms with van der Waals surface area (Å²) >= 11 is 0. The van der Waals surface area contributed by atoms with Crippen LogP contribution in [-0.2, 0) is 0 Å². The van der Waals surface area contributed by atoms with E-state index in [1.807, 2.05) is 25.2 Å². The van der Waals surface area contributed by atoms with Gasteiger partial charge in [-0.25, -0.2) is 4.98 Å². The maximum atomic E-state index is 4.60. The first kappa shape index (κ1) is 14.1. The van der Waals surface area contributed by atoms with Gasteiger partial charge in [0, 0.05) is 19.0 Å². The highest BCUT2D eigenvalue weighted by atomic mass is 15.1. The van der Waals surface area contributed by atoms with Crippen LogP contribution in [0.25, 0.3) is 10.9 Å².